The van der Waals surface area contributed by atoms with Gasteiger partial charge in [-0.05, 0) is 126 Å². The number of aromatic nitrogens is 4. The predicted molar refractivity (Wildman–Crippen MR) is 197 cm³/mol. The third-order valence-corrected chi connectivity index (χ3v) is 12.1. The van der Waals surface area contributed by atoms with Crippen molar-refractivity contribution in [2.24, 2.45) is 5.41 Å². The summed E-state index contributed by atoms with van der Waals surface area (Å²) in [6.45, 7) is 7.43. The lowest BCUT2D eigenvalue weighted by molar-refractivity contribution is -0.0341. The molecule has 3 atom stereocenters. The summed E-state index contributed by atoms with van der Waals surface area (Å²) in [5.74, 6) is 1.07. The Labute approximate surface area is 299 Å². The fourth-order valence-electron chi connectivity index (χ4n) is 8.94. The first-order valence-electron chi connectivity index (χ1n) is 18.9. The number of nitrogens with zero attached hydrogens (tertiary/aromatic N) is 6. The van der Waals surface area contributed by atoms with Gasteiger partial charge in [-0.1, -0.05) is 0 Å². The molecule has 11 heteroatoms. The first kappa shape index (κ1) is 34.0. The fraction of sp³-hybridized carbons (Fsp3) is 0.550. The largest absolute Gasteiger partial charge is 0.493 e. The molecule has 1 aliphatic carbocycles. The van der Waals surface area contributed by atoms with E-state index in [9.17, 15) is 9.18 Å². The van der Waals surface area contributed by atoms with Crippen LogP contribution < -0.4 is 15.0 Å². The van der Waals surface area contributed by atoms with Crippen LogP contribution in [0.15, 0.2) is 48.8 Å². The van der Waals surface area contributed by atoms with Crippen LogP contribution in [-0.4, -0.2) is 88.5 Å². The molecule has 3 fully saturated rings. The summed E-state index contributed by atoms with van der Waals surface area (Å²) in [5, 5.41) is 3.15. The Bertz CT molecular complexity index is 1860. The SMILES string of the molecule is CO[C@@H]1CCC(N2CCC3(CCN(c4ccc5nc6n(c5c4)CCCCCOc4ccncc4-c4cc(cc(C)n4)C(=O)N6)CC3)CC2)C[C@@H]1F. The second-order valence-corrected chi connectivity index (χ2v) is 15.2. The molecule has 1 N–H and O–H groups in total. The van der Waals surface area contributed by atoms with E-state index in [4.69, 9.17) is 19.4 Å². The molecule has 51 heavy (non-hydrogen) atoms. The van der Waals surface area contributed by atoms with E-state index in [0.717, 1.165) is 92.9 Å². The van der Waals surface area contributed by atoms with Crippen molar-refractivity contribution in [1.29, 1.82) is 0 Å². The quantitative estimate of drug-likeness (QED) is 0.240. The number of ether oxygens (including phenoxy) is 2. The highest BCUT2D eigenvalue weighted by Gasteiger charge is 2.41. The third kappa shape index (κ3) is 7.07. The molecule has 270 valence electrons. The van der Waals surface area contributed by atoms with Gasteiger partial charge in [0.2, 0.25) is 5.95 Å². The smallest absolute Gasteiger partial charge is 0.258 e. The summed E-state index contributed by atoms with van der Waals surface area (Å²) >= 11 is 0. The van der Waals surface area contributed by atoms with Crippen molar-refractivity contribution < 1.29 is 18.7 Å². The Balaban J connectivity index is 0.978. The van der Waals surface area contributed by atoms with Crippen LogP contribution in [0.4, 0.5) is 16.0 Å². The van der Waals surface area contributed by atoms with Gasteiger partial charge < -0.3 is 23.8 Å². The number of benzene rings is 1. The van der Waals surface area contributed by atoms with Crippen molar-refractivity contribution >= 4 is 28.6 Å². The minimum absolute atomic E-state index is 0.223. The molecule has 4 aromatic rings. The van der Waals surface area contributed by atoms with Gasteiger partial charge in [0, 0.05) is 62.1 Å². The number of anilines is 2. The number of alkyl halides is 1. The van der Waals surface area contributed by atoms with Gasteiger partial charge in [0.1, 0.15) is 11.9 Å². The molecule has 6 heterocycles. The molecule has 1 unspecified atom stereocenters. The highest BCUT2D eigenvalue weighted by atomic mass is 19.1. The van der Waals surface area contributed by atoms with Crippen molar-refractivity contribution in [3.8, 4) is 17.0 Å². The number of hydrogen-bond donors (Lipinski definition) is 1. The molecule has 1 amide bonds. The molecule has 3 aliphatic heterocycles. The Morgan fingerprint density at radius 2 is 1.78 bits per heavy atom. The molecule has 1 aromatic carbocycles. The van der Waals surface area contributed by atoms with Gasteiger partial charge in [0.25, 0.3) is 5.91 Å². The van der Waals surface area contributed by atoms with Gasteiger partial charge in [-0.25, -0.2) is 9.37 Å². The number of likely N-dealkylation sites (tertiary alicyclic amines) is 1. The predicted octanol–water partition coefficient (Wildman–Crippen LogP) is 7.20. The number of methoxy groups -OCH3 is 1. The first-order valence-corrected chi connectivity index (χ1v) is 18.9. The van der Waals surface area contributed by atoms with Crippen LogP contribution in [-0.2, 0) is 11.3 Å². The number of rotatable bonds is 3. The number of halogens is 1. The molecule has 3 aromatic heterocycles. The number of imidazole rings is 1. The number of hydrogen-bond acceptors (Lipinski definition) is 8. The van der Waals surface area contributed by atoms with Crippen LogP contribution in [0.5, 0.6) is 5.75 Å². The second-order valence-electron chi connectivity index (χ2n) is 15.2. The van der Waals surface area contributed by atoms with Crippen LogP contribution in [0.2, 0.25) is 0 Å². The maximum Gasteiger partial charge on any atom is 0.258 e. The topological polar surface area (TPSA) is 97.6 Å². The maximum absolute atomic E-state index is 14.6. The van der Waals surface area contributed by atoms with E-state index in [1.165, 1.54) is 31.4 Å². The van der Waals surface area contributed by atoms with Gasteiger partial charge in [-0.15, -0.1) is 0 Å². The molecule has 8 rings (SSSR count). The lowest BCUT2D eigenvalue weighted by Gasteiger charge is -2.49. The second kappa shape index (κ2) is 14.5. The summed E-state index contributed by atoms with van der Waals surface area (Å²) in [6.07, 6.45) is 12.4. The number of amides is 1. The standard InChI is InChI=1S/C40H50FN7O3/c1-27-22-28-23-34(43-27)31-26-42-15-10-36(31)51-21-5-3-4-16-48-35-25-30(6-8-33(35)44-39(48)45-38(28)49)47-19-13-40(14-20-47)11-17-46(18-12-40)29-7-9-37(50-2)32(41)24-29/h6,8,10,15,22-23,25-26,29,32,37H,3-5,7,9,11-14,16-21,24H2,1-2H3,(H,44,45,49)/t29?,32-,37+/m0/s1. The average molecular weight is 696 g/mol. The van der Waals surface area contributed by atoms with Gasteiger partial charge in [0.15, 0.2) is 0 Å². The maximum atomic E-state index is 14.6. The van der Waals surface area contributed by atoms with Crippen LogP contribution in [0.1, 0.15) is 80.3 Å². The van der Waals surface area contributed by atoms with E-state index in [-0.39, 0.29) is 12.0 Å². The molecule has 1 spiro atoms. The van der Waals surface area contributed by atoms with Crippen molar-refractivity contribution in [1.82, 2.24) is 24.4 Å². The lowest BCUT2D eigenvalue weighted by atomic mass is 9.70. The average Bonchev–Trinajstić information content (AvgIpc) is 3.48. The minimum Gasteiger partial charge on any atom is -0.493 e. The van der Waals surface area contributed by atoms with E-state index in [2.05, 4.69) is 42.9 Å². The van der Waals surface area contributed by atoms with Crippen molar-refractivity contribution in [2.45, 2.75) is 96.0 Å². The van der Waals surface area contributed by atoms with Gasteiger partial charge in [-0.2, -0.15) is 0 Å². The van der Waals surface area contributed by atoms with E-state index in [0.29, 0.717) is 41.7 Å². The molecular formula is C40H50FN7O3. The molecule has 0 radical (unpaired) electrons. The van der Waals surface area contributed by atoms with Crippen LogP contribution >= 0.6 is 0 Å². The van der Waals surface area contributed by atoms with E-state index >= 15 is 0 Å². The first-order chi connectivity index (χ1) is 24.9. The summed E-state index contributed by atoms with van der Waals surface area (Å²) < 4.78 is 28.4. The van der Waals surface area contributed by atoms with Gasteiger partial charge >= 0.3 is 0 Å². The zero-order chi connectivity index (χ0) is 35.0. The van der Waals surface area contributed by atoms with Crippen LogP contribution in [0.25, 0.3) is 22.3 Å². The Hall–Kier alpha value is -4.09. The highest BCUT2D eigenvalue weighted by molar-refractivity contribution is 6.05. The molecule has 2 saturated heterocycles. The summed E-state index contributed by atoms with van der Waals surface area (Å²) in [6, 6.07) is 12.4. The molecule has 2 bridgehead atoms. The Kier molecular flexibility index (Phi) is 9.67. The summed E-state index contributed by atoms with van der Waals surface area (Å²) in [7, 11) is 1.63. The Morgan fingerprint density at radius 1 is 0.961 bits per heavy atom. The zero-order valence-electron chi connectivity index (χ0n) is 30.0. The Morgan fingerprint density at radius 3 is 2.59 bits per heavy atom. The van der Waals surface area contributed by atoms with E-state index in [1.807, 2.05) is 13.0 Å². The zero-order valence-corrected chi connectivity index (χ0v) is 30.0. The number of piperidine rings is 2. The lowest BCUT2D eigenvalue weighted by Crippen LogP contribution is -2.51. The number of aryl methyl sites for hydroxylation is 2. The third-order valence-electron chi connectivity index (χ3n) is 12.1. The monoisotopic (exact) mass is 695 g/mol. The summed E-state index contributed by atoms with van der Waals surface area (Å²) in [5.41, 5.74) is 6.18. The van der Waals surface area contributed by atoms with Crippen LogP contribution in [0.3, 0.4) is 0 Å². The van der Waals surface area contributed by atoms with Gasteiger partial charge in [-0.3, -0.25) is 20.1 Å². The number of fused-ring (bicyclic) bond motifs is 7. The number of nitrogens with one attached hydrogen (secondary N) is 1. The van der Waals surface area contributed by atoms with Crippen molar-refractivity contribution in [3.05, 3.63) is 60.0 Å². The molecule has 1 saturated carbocycles. The molecule has 10 nitrogen and oxygen atoms in total. The van der Waals surface area contributed by atoms with Crippen molar-refractivity contribution in [2.75, 3.05) is 50.1 Å². The minimum atomic E-state index is -0.849. The number of carbonyl (C=O) groups is 1. The fourth-order valence-corrected chi connectivity index (χ4v) is 8.94. The molecule has 4 aliphatic rings. The van der Waals surface area contributed by atoms with Crippen LogP contribution in [0, 0.1) is 12.3 Å². The van der Waals surface area contributed by atoms with Crippen molar-refractivity contribution in [3.63, 3.8) is 0 Å². The number of carbonyl (C=O) groups excluding carboxylic acids is 1. The van der Waals surface area contributed by atoms with Gasteiger partial charge in [0.05, 0.1) is 35.0 Å². The normalized spacial score (nSPS) is 24.6. The number of pyridine rings is 2. The highest BCUT2D eigenvalue weighted by Crippen LogP contribution is 2.44. The van der Waals surface area contributed by atoms with E-state index in [1.54, 1.807) is 31.6 Å². The molecular weight excluding hydrogens is 645 g/mol. The van der Waals surface area contributed by atoms with E-state index < -0.39 is 6.17 Å². The summed E-state index contributed by atoms with van der Waals surface area (Å²) in [4.78, 5) is 32.8.